The van der Waals surface area contributed by atoms with Crippen LogP contribution in [0.4, 0.5) is 0 Å². The molecule has 0 aromatic carbocycles. The molecule has 0 radical (unpaired) electrons. The molecule has 1 aromatic rings. The molecule has 0 amide bonds. The normalized spacial score (nSPS) is 22.0. The van der Waals surface area contributed by atoms with E-state index in [4.69, 9.17) is 11.6 Å². The summed E-state index contributed by atoms with van der Waals surface area (Å²) >= 11 is 7.67. The lowest BCUT2D eigenvalue weighted by Gasteiger charge is -2.34. The first-order chi connectivity index (χ1) is 8.58. The van der Waals surface area contributed by atoms with Gasteiger partial charge in [0.05, 0.1) is 4.34 Å². The molecule has 18 heavy (non-hydrogen) atoms. The minimum absolute atomic E-state index is 0.441. The molecular formula is C14H23ClN2S. The van der Waals surface area contributed by atoms with Gasteiger partial charge >= 0.3 is 0 Å². The van der Waals surface area contributed by atoms with Crippen LogP contribution in [-0.2, 0) is 0 Å². The van der Waals surface area contributed by atoms with E-state index in [1.807, 2.05) is 0 Å². The van der Waals surface area contributed by atoms with Crippen LogP contribution in [0.25, 0.3) is 0 Å². The van der Waals surface area contributed by atoms with Crippen LogP contribution in [0.5, 0.6) is 0 Å². The molecule has 1 fully saturated rings. The van der Waals surface area contributed by atoms with E-state index in [-0.39, 0.29) is 0 Å². The van der Waals surface area contributed by atoms with Crippen LogP contribution in [0.2, 0.25) is 4.34 Å². The van der Waals surface area contributed by atoms with Gasteiger partial charge in [0.2, 0.25) is 0 Å². The van der Waals surface area contributed by atoms with Crippen LogP contribution in [0.3, 0.4) is 0 Å². The summed E-state index contributed by atoms with van der Waals surface area (Å²) in [7, 11) is 0. The number of nitrogens with one attached hydrogen (secondary N) is 1. The molecule has 1 aromatic heterocycles. The number of rotatable bonds is 5. The Labute approximate surface area is 119 Å². The maximum Gasteiger partial charge on any atom is 0.0931 e. The van der Waals surface area contributed by atoms with Gasteiger partial charge in [-0.1, -0.05) is 11.6 Å². The summed E-state index contributed by atoms with van der Waals surface area (Å²) in [5.74, 6) is 0. The molecule has 0 aliphatic carbocycles. The van der Waals surface area contributed by atoms with Gasteiger partial charge in [0.25, 0.3) is 0 Å². The van der Waals surface area contributed by atoms with Crippen molar-refractivity contribution < 1.29 is 0 Å². The summed E-state index contributed by atoms with van der Waals surface area (Å²) < 4.78 is 0.888. The fourth-order valence-corrected chi connectivity index (χ4v) is 3.69. The van der Waals surface area contributed by atoms with Gasteiger partial charge in [-0.15, -0.1) is 11.3 Å². The van der Waals surface area contributed by atoms with Gasteiger partial charge in [0, 0.05) is 24.7 Å². The van der Waals surface area contributed by atoms with Crippen LogP contribution < -0.4 is 5.32 Å². The summed E-state index contributed by atoms with van der Waals surface area (Å²) in [6.07, 6.45) is 2.62. The van der Waals surface area contributed by atoms with E-state index >= 15 is 0 Å². The van der Waals surface area contributed by atoms with Gasteiger partial charge in [0.15, 0.2) is 0 Å². The van der Waals surface area contributed by atoms with Crippen molar-refractivity contribution in [2.75, 3.05) is 13.1 Å². The third-order valence-electron chi connectivity index (χ3n) is 3.82. The predicted octanol–water partition coefficient (Wildman–Crippen LogP) is 3.92. The monoisotopic (exact) mass is 286 g/mol. The SMILES string of the molecule is CC(C)N(CC1CCCN1)C(C)c1csc(Cl)c1. The highest BCUT2D eigenvalue weighted by Crippen LogP contribution is 2.29. The number of nitrogens with zero attached hydrogens (tertiary/aromatic N) is 1. The molecule has 2 atom stereocenters. The Morgan fingerprint density at radius 1 is 1.50 bits per heavy atom. The quantitative estimate of drug-likeness (QED) is 0.882. The second-order valence-electron chi connectivity index (χ2n) is 5.44. The maximum absolute atomic E-state index is 6.05. The minimum atomic E-state index is 0.441. The Balaban J connectivity index is 2.04. The highest BCUT2D eigenvalue weighted by Gasteiger charge is 2.24. The van der Waals surface area contributed by atoms with E-state index in [2.05, 4.69) is 42.4 Å². The second-order valence-corrected chi connectivity index (χ2v) is 6.99. The molecule has 2 heterocycles. The third kappa shape index (κ3) is 3.47. The average molecular weight is 287 g/mol. The lowest BCUT2D eigenvalue weighted by atomic mass is 10.1. The Morgan fingerprint density at radius 3 is 2.78 bits per heavy atom. The van der Waals surface area contributed by atoms with E-state index in [1.54, 1.807) is 11.3 Å². The number of halogens is 1. The fourth-order valence-electron chi connectivity index (χ4n) is 2.72. The molecule has 4 heteroatoms. The summed E-state index contributed by atoms with van der Waals surface area (Å²) in [5, 5.41) is 5.77. The smallest absolute Gasteiger partial charge is 0.0931 e. The van der Waals surface area contributed by atoms with Crippen molar-refractivity contribution in [1.29, 1.82) is 0 Å². The van der Waals surface area contributed by atoms with Crippen molar-refractivity contribution in [1.82, 2.24) is 10.2 Å². The summed E-state index contributed by atoms with van der Waals surface area (Å²) in [5.41, 5.74) is 1.34. The average Bonchev–Trinajstić information content (AvgIpc) is 2.95. The van der Waals surface area contributed by atoms with Crippen molar-refractivity contribution in [2.24, 2.45) is 0 Å². The minimum Gasteiger partial charge on any atom is -0.313 e. The van der Waals surface area contributed by atoms with Crippen LogP contribution in [0, 0.1) is 0 Å². The molecule has 2 nitrogen and oxygen atoms in total. The van der Waals surface area contributed by atoms with Gasteiger partial charge in [-0.05, 0) is 57.2 Å². The number of thiophene rings is 1. The van der Waals surface area contributed by atoms with Crippen LogP contribution in [-0.4, -0.2) is 30.1 Å². The van der Waals surface area contributed by atoms with Crippen molar-refractivity contribution in [3.63, 3.8) is 0 Å². The van der Waals surface area contributed by atoms with Crippen molar-refractivity contribution in [3.05, 3.63) is 21.3 Å². The zero-order chi connectivity index (χ0) is 13.1. The molecule has 0 bridgehead atoms. The molecule has 1 saturated heterocycles. The maximum atomic E-state index is 6.05. The number of hydrogen-bond donors (Lipinski definition) is 1. The Morgan fingerprint density at radius 2 is 2.28 bits per heavy atom. The first-order valence-corrected chi connectivity index (χ1v) is 8.06. The van der Waals surface area contributed by atoms with Crippen LogP contribution >= 0.6 is 22.9 Å². The molecule has 1 N–H and O–H groups in total. The van der Waals surface area contributed by atoms with Crippen LogP contribution in [0.1, 0.15) is 45.2 Å². The molecule has 1 aliphatic heterocycles. The first kappa shape index (κ1) is 14.3. The zero-order valence-corrected chi connectivity index (χ0v) is 13.0. The van der Waals surface area contributed by atoms with E-state index in [0.29, 0.717) is 18.1 Å². The summed E-state index contributed by atoms with van der Waals surface area (Å²) in [4.78, 5) is 2.57. The number of hydrogen-bond acceptors (Lipinski definition) is 3. The van der Waals surface area contributed by atoms with Crippen molar-refractivity contribution >= 4 is 22.9 Å². The third-order valence-corrected chi connectivity index (χ3v) is 4.93. The predicted molar refractivity (Wildman–Crippen MR) is 80.6 cm³/mol. The van der Waals surface area contributed by atoms with E-state index < -0.39 is 0 Å². The first-order valence-electron chi connectivity index (χ1n) is 6.81. The van der Waals surface area contributed by atoms with E-state index in [1.165, 1.54) is 24.9 Å². The van der Waals surface area contributed by atoms with E-state index in [9.17, 15) is 0 Å². The lowest BCUT2D eigenvalue weighted by Crippen LogP contribution is -2.42. The Bertz CT molecular complexity index is 372. The van der Waals surface area contributed by atoms with Crippen molar-refractivity contribution in [2.45, 2.75) is 51.7 Å². The van der Waals surface area contributed by atoms with Gasteiger partial charge in [0.1, 0.15) is 0 Å². The Hall–Kier alpha value is -0.0900. The topological polar surface area (TPSA) is 15.3 Å². The molecule has 2 unspecified atom stereocenters. The van der Waals surface area contributed by atoms with Crippen LogP contribution in [0.15, 0.2) is 11.4 Å². The van der Waals surface area contributed by atoms with Gasteiger partial charge in [-0.2, -0.15) is 0 Å². The van der Waals surface area contributed by atoms with Crippen molar-refractivity contribution in [3.8, 4) is 0 Å². The molecule has 1 aliphatic rings. The molecular weight excluding hydrogens is 264 g/mol. The van der Waals surface area contributed by atoms with Gasteiger partial charge < -0.3 is 5.32 Å². The Kier molecular flexibility index (Phi) is 5.07. The highest BCUT2D eigenvalue weighted by atomic mass is 35.5. The van der Waals surface area contributed by atoms with Gasteiger partial charge in [-0.3, -0.25) is 4.90 Å². The molecule has 0 saturated carbocycles. The lowest BCUT2D eigenvalue weighted by molar-refractivity contribution is 0.150. The van der Waals surface area contributed by atoms with E-state index in [0.717, 1.165) is 10.9 Å². The standard InChI is InChI=1S/C14H23ClN2S/c1-10(2)17(8-13-5-4-6-16-13)11(3)12-7-14(15)18-9-12/h7,9-11,13,16H,4-6,8H2,1-3H3. The second kappa shape index (κ2) is 6.38. The summed E-state index contributed by atoms with van der Waals surface area (Å²) in [6, 6.07) is 3.76. The molecule has 2 rings (SSSR count). The molecule has 0 spiro atoms. The fraction of sp³-hybridized carbons (Fsp3) is 0.714. The molecule has 102 valence electrons. The van der Waals surface area contributed by atoms with Gasteiger partial charge in [-0.25, -0.2) is 0 Å². The largest absolute Gasteiger partial charge is 0.313 e. The zero-order valence-electron chi connectivity index (χ0n) is 11.4. The highest BCUT2D eigenvalue weighted by molar-refractivity contribution is 7.14. The summed E-state index contributed by atoms with van der Waals surface area (Å²) in [6.45, 7) is 9.15.